The Kier molecular flexibility index (Phi) is 7.15. The lowest BCUT2D eigenvalue weighted by atomic mass is 9.92. The Hall–Kier alpha value is -3.28. The van der Waals surface area contributed by atoms with Crippen LogP contribution in [0.1, 0.15) is 17.0 Å². The minimum Gasteiger partial charge on any atom is -0.494 e. The lowest BCUT2D eigenvalue weighted by molar-refractivity contribution is -0.376. The van der Waals surface area contributed by atoms with Crippen LogP contribution >= 0.6 is 23.2 Å². The third-order valence-corrected chi connectivity index (χ3v) is 6.47. The van der Waals surface area contributed by atoms with Crippen LogP contribution in [0.15, 0.2) is 65.5 Å². The number of halogens is 8. The monoisotopic (exact) mass is 576 g/mol. The highest BCUT2D eigenvalue weighted by atomic mass is 35.5. The maximum atomic E-state index is 13.7. The third-order valence-electron chi connectivity index (χ3n) is 5.83. The fraction of sp³-hybridized carbons (Fsp3) is 0.200. The Morgan fingerprint density at radius 3 is 2.16 bits per heavy atom. The molecule has 1 aromatic heterocycles. The fourth-order valence-electron chi connectivity index (χ4n) is 4.01. The van der Waals surface area contributed by atoms with Gasteiger partial charge in [-0.3, -0.25) is 9.36 Å². The van der Waals surface area contributed by atoms with Gasteiger partial charge in [0.1, 0.15) is 5.82 Å². The quantitative estimate of drug-likeness (QED) is 0.272. The number of fused-ring (bicyclic) bond motifs is 1. The van der Waals surface area contributed by atoms with Crippen molar-refractivity contribution in [2.75, 3.05) is 7.11 Å². The molecule has 0 saturated heterocycles. The van der Waals surface area contributed by atoms with Gasteiger partial charge < -0.3 is 9.84 Å². The van der Waals surface area contributed by atoms with E-state index in [9.17, 15) is 36.2 Å². The third kappa shape index (κ3) is 4.59. The molecule has 0 unspecified atom stereocenters. The van der Waals surface area contributed by atoms with Crippen molar-refractivity contribution in [3.63, 3.8) is 0 Å². The summed E-state index contributed by atoms with van der Waals surface area (Å²) in [5.74, 6) is -0.106. The van der Waals surface area contributed by atoms with Crippen molar-refractivity contribution >= 4 is 34.1 Å². The molecule has 38 heavy (non-hydrogen) atoms. The van der Waals surface area contributed by atoms with Crippen LogP contribution in [0.4, 0.5) is 26.3 Å². The first-order valence-electron chi connectivity index (χ1n) is 10.7. The van der Waals surface area contributed by atoms with Gasteiger partial charge in [-0.05, 0) is 23.8 Å². The second-order valence-corrected chi connectivity index (χ2v) is 8.97. The summed E-state index contributed by atoms with van der Waals surface area (Å²) in [5, 5.41) is 9.47. The molecular weight excluding hydrogens is 561 g/mol. The van der Waals surface area contributed by atoms with Crippen molar-refractivity contribution in [3.8, 4) is 11.4 Å². The van der Waals surface area contributed by atoms with Crippen LogP contribution in [-0.4, -0.2) is 34.1 Å². The molecule has 0 radical (unpaired) electrons. The number of hydrogen-bond acceptors (Lipinski definition) is 4. The SMILES string of the molecule is COc1c(Cl)cc2nc(Cc3ccccc3)n(-c3cccc(C(O)(C(F)(F)F)C(F)(F)F)c3)c(=O)c2c1Cl. The standard InChI is InChI=1S/C25H16Cl2F6N2O3/c1-38-21-16(26)12-17-19(20(21)27)22(36)35(18(34-17)10-13-6-3-2-4-7-13)15-9-5-8-14(11-15)23(37,24(28,29)30)25(31,32)33/h2-9,11-12,37H,10H2,1H3. The lowest BCUT2D eigenvalue weighted by Gasteiger charge is -2.33. The van der Waals surface area contributed by atoms with Gasteiger partial charge in [0.25, 0.3) is 11.2 Å². The molecule has 1 heterocycles. The second-order valence-electron chi connectivity index (χ2n) is 8.19. The molecule has 4 aromatic rings. The summed E-state index contributed by atoms with van der Waals surface area (Å²) >= 11 is 12.5. The highest BCUT2D eigenvalue weighted by Crippen LogP contribution is 2.50. The molecule has 0 bridgehead atoms. The van der Waals surface area contributed by atoms with Crippen molar-refractivity contribution in [2.24, 2.45) is 0 Å². The topological polar surface area (TPSA) is 64.3 Å². The predicted octanol–water partition coefficient (Wildman–Crippen LogP) is 6.60. The molecule has 200 valence electrons. The van der Waals surface area contributed by atoms with Gasteiger partial charge in [-0.1, -0.05) is 65.7 Å². The van der Waals surface area contributed by atoms with E-state index in [1.165, 1.54) is 13.2 Å². The summed E-state index contributed by atoms with van der Waals surface area (Å²) in [4.78, 5) is 18.2. The molecule has 13 heteroatoms. The first-order chi connectivity index (χ1) is 17.7. The number of aliphatic hydroxyl groups is 1. The molecule has 4 rings (SSSR count). The molecule has 0 spiro atoms. The highest BCUT2D eigenvalue weighted by Gasteiger charge is 2.71. The average Bonchev–Trinajstić information content (AvgIpc) is 2.83. The first kappa shape index (κ1) is 27.7. The summed E-state index contributed by atoms with van der Waals surface area (Å²) in [5.41, 5.74) is -7.38. The summed E-state index contributed by atoms with van der Waals surface area (Å²) in [6.07, 6.45) is -12.3. The zero-order valence-electron chi connectivity index (χ0n) is 19.2. The smallest absolute Gasteiger partial charge is 0.430 e. The van der Waals surface area contributed by atoms with Crippen LogP contribution in [0, 0.1) is 0 Å². The van der Waals surface area contributed by atoms with E-state index < -0.39 is 34.8 Å². The Morgan fingerprint density at radius 1 is 0.947 bits per heavy atom. The van der Waals surface area contributed by atoms with E-state index in [-0.39, 0.29) is 38.9 Å². The number of benzene rings is 3. The number of methoxy groups -OCH3 is 1. The Morgan fingerprint density at radius 2 is 1.58 bits per heavy atom. The van der Waals surface area contributed by atoms with E-state index in [0.29, 0.717) is 17.7 Å². The van der Waals surface area contributed by atoms with Crippen LogP contribution in [0.25, 0.3) is 16.6 Å². The van der Waals surface area contributed by atoms with Crippen molar-refractivity contribution in [2.45, 2.75) is 24.4 Å². The van der Waals surface area contributed by atoms with Crippen LogP contribution in [0.3, 0.4) is 0 Å². The molecule has 0 atom stereocenters. The van der Waals surface area contributed by atoms with Gasteiger partial charge in [-0.15, -0.1) is 0 Å². The van der Waals surface area contributed by atoms with Gasteiger partial charge in [0.2, 0.25) is 0 Å². The van der Waals surface area contributed by atoms with Gasteiger partial charge in [0, 0.05) is 12.0 Å². The minimum atomic E-state index is -6.11. The Balaban J connectivity index is 2.07. The molecule has 0 aliphatic rings. The summed E-state index contributed by atoms with van der Waals surface area (Å²) in [7, 11) is 1.24. The van der Waals surface area contributed by atoms with Crippen LogP contribution in [-0.2, 0) is 12.0 Å². The van der Waals surface area contributed by atoms with Gasteiger partial charge in [0.15, 0.2) is 5.75 Å². The first-order valence-corrected chi connectivity index (χ1v) is 11.4. The molecule has 0 aliphatic carbocycles. The zero-order valence-corrected chi connectivity index (χ0v) is 20.7. The number of ether oxygens (including phenoxy) is 1. The van der Waals surface area contributed by atoms with Gasteiger partial charge >= 0.3 is 12.4 Å². The van der Waals surface area contributed by atoms with E-state index in [1.807, 2.05) is 0 Å². The highest BCUT2D eigenvalue weighted by molar-refractivity contribution is 6.41. The van der Waals surface area contributed by atoms with E-state index in [2.05, 4.69) is 4.98 Å². The molecule has 5 nitrogen and oxygen atoms in total. The number of aromatic nitrogens is 2. The second kappa shape index (κ2) is 9.79. The van der Waals surface area contributed by atoms with Crippen LogP contribution in [0.5, 0.6) is 5.75 Å². The lowest BCUT2D eigenvalue weighted by Crippen LogP contribution is -2.54. The van der Waals surface area contributed by atoms with Crippen LogP contribution in [0.2, 0.25) is 10.0 Å². The average molecular weight is 577 g/mol. The normalized spacial score (nSPS) is 12.7. The van der Waals surface area contributed by atoms with Crippen molar-refractivity contribution < 1.29 is 36.2 Å². The van der Waals surface area contributed by atoms with Crippen molar-refractivity contribution in [1.29, 1.82) is 0 Å². The summed E-state index contributed by atoms with van der Waals surface area (Å²) < 4.78 is 87.3. The van der Waals surface area contributed by atoms with E-state index in [4.69, 9.17) is 27.9 Å². The largest absolute Gasteiger partial charge is 0.494 e. The van der Waals surface area contributed by atoms with E-state index >= 15 is 0 Å². The number of rotatable bonds is 5. The Bertz CT molecular complexity index is 1560. The molecule has 3 aromatic carbocycles. The zero-order chi connectivity index (χ0) is 28.0. The summed E-state index contributed by atoms with van der Waals surface area (Å²) in [6.45, 7) is 0. The molecule has 0 amide bonds. The predicted molar refractivity (Wildman–Crippen MR) is 129 cm³/mol. The molecule has 0 saturated carbocycles. The maximum Gasteiger partial charge on any atom is 0.430 e. The molecule has 0 fully saturated rings. The maximum absolute atomic E-state index is 13.7. The number of alkyl halides is 6. The fourth-order valence-corrected chi connectivity index (χ4v) is 4.69. The molecular formula is C25H16Cl2F6N2O3. The van der Waals surface area contributed by atoms with E-state index in [1.54, 1.807) is 30.3 Å². The van der Waals surface area contributed by atoms with Gasteiger partial charge in [0.05, 0.1) is 33.7 Å². The number of nitrogens with zero attached hydrogens (tertiary/aromatic N) is 2. The van der Waals surface area contributed by atoms with Gasteiger partial charge in [-0.25, -0.2) is 4.98 Å². The van der Waals surface area contributed by atoms with E-state index in [0.717, 1.165) is 16.7 Å². The van der Waals surface area contributed by atoms with Gasteiger partial charge in [-0.2, -0.15) is 26.3 Å². The van der Waals surface area contributed by atoms with Crippen LogP contribution < -0.4 is 10.3 Å². The van der Waals surface area contributed by atoms with Crippen molar-refractivity contribution in [1.82, 2.24) is 9.55 Å². The molecule has 1 N–H and O–H groups in total. The molecule has 0 aliphatic heterocycles. The number of hydrogen-bond donors (Lipinski definition) is 1. The summed E-state index contributed by atoms with van der Waals surface area (Å²) in [6, 6.07) is 12.7. The Labute approximate surface area is 220 Å². The van der Waals surface area contributed by atoms with Crippen molar-refractivity contribution in [3.05, 3.63) is 98.0 Å². The minimum absolute atomic E-state index is 0.0303.